The van der Waals surface area contributed by atoms with E-state index >= 15 is 0 Å². The molecule has 1 aliphatic rings. The Morgan fingerprint density at radius 3 is 2.50 bits per heavy atom. The van der Waals surface area contributed by atoms with Gasteiger partial charge in [0.15, 0.2) is 0 Å². The van der Waals surface area contributed by atoms with Gasteiger partial charge in [0.25, 0.3) is 0 Å². The molecule has 1 rings (SSSR count). The van der Waals surface area contributed by atoms with Gasteiger partial charge in [-0.15, -0.1) is 24.8 Å². The fraction of sp³-hybridized carbons (Fsp3) is 1.00. The van der Waals surface area contributed by atoms with Crippen LogP contribution >= 0.6 is 24.8 Å². The number of hydrogen-bond donors (Lipinski definition) is 1. The van der Waals surface area contributed by atoms with Crippen molar-refractivity contribution in [2.24, 2.45) is 0 Å². The molecule has 0 amide bonds. The number of nitrogens with zero attached hydrogens (tertiary/aromatic N) is 1. The van der Waals surface area contributed by atoms with E-state index in [9.17, 15) is 0 Å². The van der Waals surface area contributed by atoms with Crippen LogP contribution in [0.3, 0.4) is 0 Å². The van der Waals surface area contributed by atoms with Crippen molar-refractivity contribution in [3.05, 3.63) is 0 Å². The van der Waals surface area contributed by atoms with E-state index in [1.807, 2.05) is 0 Å². The van der Waals surface area contributed by atoms with Crippen LogP contribution in [0.1, 0.15) is 0 Å². The van der Waals surface area contributed by atoms with Crippen LogP contribution in [0.5, 0.6) is 0 Å². The summed E-state index contributed by atoms with van der Waals surface area (Å²) < 4.78 is 5.48. The maximum Gasteiger partial charge on any atom is 0.0826 e. The van der Waals surface area contributed by atoms with Crippen LogP contribution in [0.15, 0.2) is 0 Å². The van der Waals surface area contributed by atoms with Gasteiger partial charge in [0, 0.05) is 19.6 Å². The Kier molecular flexibility index (Phi) is 10.1. The molecule has 0 aromatic rings. The molecule has 0 aliphatic carbocycles. The second-order valence-corrected chi connectivity index (χ2v) is 2.96. The van der Waals surface area contributed by atoms with E-state index < -0.39 is 0 Å². The maximum atomic E-state index is 5.48. The summed E-state index contributed by atoms with van der Waals surface area (Å²) in [5.74, 6) is 0. The van der Waals surface area contributed by atoms with E-state index in [1.54, 1.807) is 0 Å². The number of halogens is 2. The minimum Gasteiger partial charge on any atom is -0.374 e. The molecule has 76 valence electrons. The Labute approximate surface area is 86.7 Å². The molecule has 0 aromatic heterocycles. The number of nitrogens with one attached hydrogen (secondary N) is 1. The minimum atomic E-state index is 0. The van der Waals surface area contributed by atoms with Gasteiger partial charge in [0.1, 0.15) is 0 Å². The Morgan fingerprint density at radius 1 is 1.42 bits per heavy atom. The van der Waals surface area contributed by atoms with Gasteiger partial charge in [0.2, 0.25) is 0 Å². The molecular formula is C7H18Cl2N2O. The molecule has 1 atom stereocenters. The summed E-state index contributed by atoms with van der Waals surface area (Å²) in [7, 11) is 4.13. The first-order chi connectivity index (χ1) is 4.79. The lowest BCUT2D eigenvalue weighted by molar-refractivity contribution is 0.0139. The van der Waals surface area contributed by atoms with Crippen LogP contribution in [0.2, 0.25) is 0 Å². The third-order valence-corrected chi connectivity index (χ3v) is 1.57. The van der Waals surface area contributed by atoms with Gasteiger partial charge in [-0.3, -0.25) is 0 Å². The Balaban J connectivity index is 0. The monoisotopic (exact) mass is 216 g/mol. The SMILES string of the molecule is CN(C)CC1CNCCO1.Cl.Cl. The quantitative estimate of drug-likeness (QED) is 0.723. The standard InChI is InChI=1S/C7H16N2O.2ClH/c1-9(2)6-7-5-8-3-4-10-7;;/h7-8H,3-6H2,1-2H3;2*1H. The topological polar surface area (TPSA) is 24.5 Å². The summed E-state index contributed by atoms with van der Waals surface area (Å²) in [4.78, 5) is 2.15. The average molecular weight is 217 g/mol. The summed E-state index contributed by atoms with van der Waals surface area (Å²) >= 11 is 0. The highest BCUT2D eigenvalue weighted by Crippen LogP contribution is 1.96. The van der Waals surface area contributed by atoms with Gasteiger partial charge in [0.05, 0.1) is 12.7 Å². The molecule has 12 heavy (non-hydrogen) atoms. The van der Waals surface area contributed by atoms with Crippen molar-refractivity contribution in [2.45, 2.75) is 6.10 Å². The first kappa shape index (κ1) is 15.0. The van der Waals surface area contributed by atoms with Crippen molar-refractivity contribution in [3.8, 4) is 0 Å². The van der Waals surface area contributed by atoms with E-state index in [2.05, 4.69) is 24.3 Å². The lowest BCUT2D eigenvalue weighted by atomic mass is 10.3. The predicted octanol–water partition coefficient (Wildman–Crippen LogP) is 0.380. The van der Waals surface area contributed by atoms with Crippen molar-refractivity contribution in [1.29, 1.82) is 0 Å². The van der Waals surface area contributed by atoms with E-state index in [-0.39, 0.29) is 24.8 Å². The molecule has 1 saturated heterocycles. The predicted molar refractivity (Wildman–Crippen MR) is 55.7 cm³/mol. The molecule has 0 saturated carbocycles. The number of ether oxygens (including phenoxy) is 1. The fourth-order valence-electron chi connectivity index (χ4n) is 1.14. The molecule has 0 radical (unpaired) electrons. The minimum absolute atomic E-state index is 0. The fourth-order valence-corrected chi connectivity index (χ4v) is 1.14. The molecule has 1 unspecified atom stereocenters. The summed E-state index contributed by atoms with van der Waals surface area (Å²) in [6.07, 6.45) is 0.392. The van der Waals surface area contributed by atoms with Crippen LogP contribution in [0, 0.1) is 0 Å². The van der Waals surface area contributed by atoms with Crippen molar-refractivity contribution >= 4 is 24.8 Å². The molecule has 0 bridgehead atoms. The first-order valence-electron chi connectivity index (χ1n) is 3.76. The van der Waals surface area contributed by atoms with Crippen LogP contribution in [0.4, 0.5) is 0 Å². The second-order valence-electron chi connectivity index (χ2n) is 2.96. The van der Waals surface area contributed by atoms with Gasteiger partial charge in [-0.2, -0.15) is 0 Å². The smallest absolute Gasteiger partial charge is 0.0826 e. The molecule has 3 nitrogen and oxygen atoms in total. The number of hydrogen-bond acceptors (Lipinski definition) is 3. The van der Waals surface area contributed by atoms with Crippen molar-refractivity contribution in [1.82, 2.24) is 10.2 Å². The van der Waals surface area contributed by atoms with Crippen molar-refractivity contribution in [2.75, 3.05) is 40.3 Å². The van der Waals surface area contributed by atoms with E-state index in [1.165, 1.54) is 0 Å². The highest BCUT2D eigenvalue weighted by atomic mass is 35.5. The van der Waals surface area contributed by atoms with Crippen LogP contribution in [-0.2, 0) is 4.74 Å². The third-order valence-electron chi connectivity index (χ3n) is 1.57. The summed E-state index contributed by atoms with van der Waals surface area (Å²) in [5, 5.41) is 3.29. The number of morpholine rings is 1. The van der Waals surface area contributed by atoms with E-state index in [4.69, 9.17) is 4.74 Å². The third kappa shape index (κ3) is 6.03. The molecule has 1 heterocycles. The maximum absolute atomic E-state index is 5.48. The van der Waals surface area contributed by atoms with Gasteiger partial charge >= 0.3 is 0 Å². The Bertz CT molecular complexity index is 97.4. The zero-order valence-electron chi connectivity index (χ0n) is 7.58. The molecule has 0 spiro atoms. The average Bonchev–Trinajstić information content (AvgIpc) is 1.88. The summed E-state index contributed by atoms with van der Waals surface area (Å²) in [5.41, 5.74) is 0. The van der Waals surface area contributed by atoms with E-state index in [0.29, 0.717) is 6.10 Å². The number of likely N-dealkylation sites (N-methyl/N-ethyl adjacent to an activating group) is 1. The van der Waals surface area contributed by atoms with Gasteiger partial charge in [-0.1, -0.05) is 0 Å². The molecule has 5 heteroatoms. The summed E-state index contributed by atoms with van der Waals surface area (Å²) in [6, 6.07) is 0. The van der Waals surface area contributed by atoms with Gasteiger partial charge in [-0.05, 0) is 14.1 Å². The van der Waals surface area contributed by atoms with Crippen LogP contribution < -0.4 is 5.32 Å². The number of rotatable bonds is 2. The molecule has 0 aromatic carbocycles. The lowest BCUT2D eigenvalue weighted by Gasteiger charge is -2.25. The highest BCUT2D eigenvalue weighted by Gasteiger charge is 2.12. The largest absolute Gasteiger partial charge is 0.374 e. The van der Waals surface area contributed by atoms with Gasteiger partial charge in [-0.25, -0.2) is 0 Å². The van der Waals surface area contributed by atoms with Crippen molar-refractivity contribution < 1.29 is 4.74 Å². The van der Waals surface area contributed by atoms with Crippen LogP contribution in [-0.4, -0.2) is 51.3 Å². The van der Waals surface area contributed by atoms with E-state index in [0.717, 1.165) is 26.2 Å². The lowest BCUT2D eigenvalue weighted by Crippen LogP contribution is -2.43. The Morgan fingerprint density at radius 2 is 2.08 bits per heavy atom. The summed E-state index contributed by atoms with van der Waals surface area (Å²) in [6.45, 7) is 3.88. The zero-order chi connectivity index (χ0) is 7.40. The highest BCUT2D eigenvalue weighted by molar-refractivity contribution is 5.85. The molecule has 1 aliphatic heterocycles. The normalized spacial score (nSPS) is 22.8. The van der Waals surface area contributed by atoms with Gasteiger partial charge < -0.3 is 15.0 Å². The van der Waals surface area contributed by atoms with Crippen LogP contribution in [0.25, 0.3) is 0 Å². The second kappa shape index (κ2) is 8.08. The van der Waals surface area contributed by atoms with Crippen molar-refractivity contribution in [3.63, 3.8) is 0 Å². The zero-order valence-corrected chi connectivity index (χ0v) is 9.21. The first-order valence-corrected chi connectivity index (χ1v) is 3.76. The molecule has 1 fully saturated rings. The molecular weight excluding hydrogens is 199 g/mol. The Hall–Kier alpha value is 0.460. The molecule has 1 N–H and O–H groups in total.